The number of hydrogen-bond donors (Lipinski definition) is 3. The zero-order valence-corrected chi connectivity index (χ0v) is 33.1. The van der Waals surface area contributed by atoms with E-state index in [0.29, 0.717) is 41.2 Å². The van der Waals surface area contributed by atoms with Crippen molar-refractivity contribution in [2.24, 2.45) is 17.3 Å². The summed E-state index contributed by atoms with van der Waals surface area (Å²) in [5, 5.41) is 15.9. The number of ether oxygens (including phenoxy) is 2. The number of rotatable bonds is 11. The van der Waals surface area contributed by atoms with Crippen molar-refractivity contribution in [3.05, 3.63) is 70.7 Å². The van der Waals surface area contributed by atoms with Gasteiger partial charge in [0.2, 0.25) is 5.82 Å². The Morgan fingerprint density at radius 1 is 1.04 bits per heavy atom. The van der Waals surface area contributed by atoms with Crippen LogP contribution in [0.25, 0.3) is 11.0 Å². The van der Waals surface area contributed by atoms with Crippen LogP contribution in [0.3, 0.4) is 0 Å². The number of hydrogen-bond acceptors (Lipinski definition) is 12. The molecule has 2 spiro atoms. The minimum atomic E-state index is -4.58. The molecule has 2 saturated heterocycles. The highest BCUT2D eigenvalue weighted by atomic mass is 32.2. The van der Waals surface area contributed by atoms with E-state index in [2.05, 4.69) is 41.7 Å². The molecular formula is C41H50N8O7S. The van der Waals surface area contributed by atoms with Crippen LogP contribution in [0.15, 0.2) is 59.9 Å². The van der Waals surface area contributed by atoms with Gasteiger partial charge in [0.25, 0.3) is 15.9 Å². The molecule has 57 heavy (non-hydrogen) atoms. The second-order valence-corrected chi connectivity index (χ2v) is 18.8. The van der Waals surface area contributed by atoms with Crippen LogP contribution in [0, 0.1) is 27.4 Å². The fourth-order valence-corrected chi connectivity index (χ4v) is 10.4. The van der Waals surface area contributed by atoms with Crippen LogP contribution in [0.5, 0.6) is 11.5 Å². The third-order valence-electron chi connectivity index (χ3n) is 13.2. The molecule has 2 aliphatic heterocycles. The van der Waals surface area contributed by atoms with Crippen molar-refractivity contribution in [1.29, 1.82) is 0 Å². The molecule has 3 N–H and O–H groups in total. The number of anilines is 2. The summed E-state index contributed by atoms with van der Waals surface area (Å²) >= 11 is 0. The SMILES string of the molecule is CC1CCC(CNc2ncc(S(=O)(=O)NC(=O)c3ccc(N4CCC5(CC4)CC(N4CCOC6(CC6)C4)C5)cc3Oc3cnc4[nH]ccc4c3)cc2[N+](=O)[O-])CC1. The Kier molecular flexibility index (Phi) is 9.84. The predicted molar refractivity (Wildman–Crippen MR) is 214 cm³/mol. The highest BCUT2D eigenvalue weighted by molar-refractivity contribution is 7.90. The Bertz CT molecular complexity index is 2270. The lowest BCUT2D eigenvalue weighted by atomic mass is 9.60. The first-order chi connectivity index (χ1) is 27.5. The van der Waals surface area contributed by atoms with Gasteiger partial charge in [0.05, 0.1) is 35.1 Å². The van der Waals surface area contributed by atoms with Crippen molar-refractivity contribution < 1.29 is 27.6 Å². The van der Waals surface area contributed by atoms with Gasteiger partial charge in [-0.15, -0.1) is 0 Å². The lowest BCUT2D eigenvalue weighted by Crippen LogP contribution is -2.58. The van der Waals surface area contributed by atoms with Crippen molar-refractivity contribution >= 4 is 44.2 Å². The van der Waals surface area contributed by atoms with E-state index < -0.39 is 31.4 Å². The first-order valence-corrected chi connectivity index (χ1v) is 21.8. The Morgan fingerprint density at radius 2 is 1.82 bits per heavy atom. The molecule has 3 aromatic heterocycles. The molecule has 3 saturated carbocycles. The minimum Gasteiger partial charge on any atom is -0.455 e. The molecule has 9 rings (SSSR count). The lowest BCUT2D eigenvalue weighted by molar-refractivity contribution is -0.384. The van der Waals surface area contributed by atoms with E-state index in [4.69, 9.17) is 9.47 Å². The molecular weight excluding hydrogens is 749 g/mol. The van der Waals surface area contributed by atoms with Gasteiger partial charge >= 0.3 is 5.69 Å². The normalized spacial score (nSPS) is 23.3. The first kappa shape index (κ1) is 37.8. The van der Waals surface area contributed by atoms with E-state index >= 15 is 0 Å². The number of nitrogens with one attached hydrogen (secondary N) is 3. The number of sulfonamides is 1. The molecule has 1 aromatic carbocycles. The van der Waals surface area contributed by atoms with Gasteiger partial charge in [-0.1, -0.05) is 19.8 Å². The Hall–Kier alpha value is -4.80. The molecule has 16 heteroatoms. The summed E-state index contributed by atoms with van der Waals surface area (Å²) in [5.41, 5.74) is 1.51. The van der Waals surface area contributed by atoms with E-state index in [0.717, 1.165) is 94.6 Å². The predicted octanol–water partition coefficient (Wildman–Crippen LogP) is 6.63. The maximum Gasteiger partial charge on any atom is 0.312 e. The number of H-pyrrole nitrogens is 1. The zero-order valence-electron chi connectivity index (χ0n) is 32.2. The third kappa shape index (κ3) is 7.91. The minimum absolute atomic E-state index is 0.00692. The van der Waals surface area contributed by atoms with Crippen LogP contribution in [0.2, 0.25) is 0 Å². The Balaban J connectivity index is 0.907. The number of amides is 1. The van der Waals surface area contributed by atoms with E-state index in [1.807, 2.05) is 12.1 Å². The molecule has 15 nitrogen and oxygen atoms in total. The fourth-order valence-electron chi connectivity index (χ4n) is 9.42. The molecule has 5 aliphatic rings. The molecule has 4 aromatic rings. The molecule has 302 valence electrons. The second-order valence-electron chi connectivity index (χ2n) is 17.2. The Labute approximate surface area is 332 Å². The number of nitro groups is 1. The summed E-state index contributed by atoms with van der Waals surface area (Å²) in [6, 6.07) is 10.4. The molecule has 0 bridgehead atoms. The van der Waals surface area contributed by atoms with Crippen molar-refractivity contribution in [2.75, 3.05) is 49.5 Å². The van der Waals surface area contributed by atoms with Gasteiger partial charge in [-0.2, -0.15) is 0 Å². The van der Waals surface area contributed by atoms with Crippen LogP contribution in [-0.4, -0.2) is 90.1 Å². The number of carbonyl (C=O) groups is 1. The monoisotopic (exact) mass is 798 g/mol. The number of aromatic amines is 1. The van der Waals surface area contributed by atoms with Gasteiger partial charge in [0, 0.05) is 68.2 Å². The van der Waals surface area contributed by atoms with Gasteiger partial charge in [-0.3, -0.25) is 19.8 Å². The van der Waals surface area contributed by atoms with Crippen molar-refractivity contribution in [3.63, 3.8) is 0 Å². The molecule has 5 fully saturated rings. The molecule has 3 aliphatic carbocycles. The van der Waals surface area contributed by atoms with Crippen LogP contribution < -0.4 is 19.7 Å². The number of carbonyl (C=O) groups excluding carboxylic acids is 1. The van der Waals surface area contributed by atoms with Gasteiger partial charge in [0.15, 0.2) is 0 Å². The van der Waals surface area contributed by atoms with Crippen LogP contribution in [0.4, 0.5) is 17.2 Å². The van der Waals surface area contributed by atoms with E-state index in [9.17, 15) is 23.3 Å². The first-order valence-electron chi connectivity index (χ1n) is 20.3. The number of benzene rings is 1. The summed E-state index contributed by atoms with van der Waals surface area (Å²) in [5.74, 6) is 0.592. The van der Waals surface area contributed by atoms with Gasteiger partial charge in [-0.25, -0.2) is 23.1 Å². The van der Waals surface area contributed by atoms with Crippen LogP contribution in [-0.2, 0) is 14.8 Å². The highest BCUT2D eigenvalue weighted by Gasteiger charge is 2.53. The smallest absolute Gasteiger partial charge is 0.312 e. The zero-order chi connectivity index (χ0) is 39.4. The summed E-state index contributed by atoms with van der Waals surface area (Å²) in [4.78, 5) is 41.3. The summed E-state index contributed by atoms with van der Waals surface area (Å²) < 4.78 is 41.7. The maximum absolute atomic E-state index is 13.8. The lowest BCUT2D eigenvalue weighted by Gasteiger charge is -2.56. The Morgan fingerprint density at radius 3 is 2.58 bits per heavy atom. The summed E-state index contributed by atoms with van der Waals surface area (Å²) in [6.45, 7) is 7.35. The molecule has 0 unspecified atom stereocenters. The number of nitrogens with zero attached hydrogens (tertiary/aromatic N) is 5. The number of piperidine rings is 1. The largest absolute Gasteiger partial charge is 0.455 e. The molecule has 0 radical (unpaired) electrons. The number of morpholine rings is 1. The van der Waals surface area contributed by atoms with E-state index in [-0.39, 0.29) is 22.7 Å². The van der Waals surface area contributed by atoms with Crippen molar-refractivity contribution in [3.8, 4) is 11.5 Å². The van der Waals surface area contributed by atoms with Crippen LogP contribution >= 0.6 is 0 Å². The standard InChI is InChI=1S/C41H50N8O7S/c1-27-2-4-28(5-3-27)23-43-38-35(49(51)52)20-33(25-45-38)57(53,54)46-39(50)34-7-6-30(19-36(34)56-32-18-29-8-13-42-37(29)44-24-32)47-14-11-40(12-15-47)21-31(22-40)48-16-17-55-41(26-48)9-10-41/h6-8,13,18-20,24-25,27-28,31H,2-5,9-12,14-17,21-23,26H2,1H3,(H,42,44)(H,43,45)(H,46,50). The topological polar surface area (TPSA) is 185 Å². The molecule has 0 atom stereocenters. The second kappa shape index (κ2) is 14.9. The van der Waals surface area contributed by atoms with E-state index in [1.54, 1.807) is 24.4 Å². The van der Waals surface area contributed by atoms with Gasteiger partial charge in [-0.05, 0) is 92.9 Å². The average molecular weight is 799 g/mol. The third-order valence-corrected chi connectivity index (χ3v) is 14.5. The van der Waals surface area contributed by atoms with Crippen LogP contribution in [0.1, 0.15) is 81.5 Å². The number of pyridine rings is 2. The van der Waals surface area contributed by atoms with E-state index in [1.165, 1.54) is 31.9 Å². The highest BCUT2D eigenvalue weighted by Crippen LogP contribution is 2.53. The maximum atomic E-state index is 13.8. The number of fused-ring (bicyclic) bond motifs is 1. The molecule has 5 heterocycles. The quantitative estimate of drug-likeness (QED) is 0.109. The van der Waals surface area contributed by atoms with Crippen molar-refractivity contribution in [2.45, 2.75) is 87.7 Å². The van der Waals surface area contributed by atoms with Crippen molar-refractivity contribution in [1.82, 2.24) is 24.6 Å². The van der Waals surface area contributed by atoms with Gasteiger partial charge < -0.3 is 24.7 Å². The average Bonchev–Trinajstić information content (AvgIpc) is 3.76. The van der Waals surface area contributed by atoms with Gasteiger partial charge in [0.1, 0.15) is 22.0 Å². The number of aromatic nitrogens is 3. The summed E-state index contributed by atoms with van der Waals surface area (Å²) in [6.07, 6.45) is 15.5. The molecule has 1 amide bonds. The summed E-state index contributed by atoms with van der Waals surface area (Å²) in [7, 11) is -4.58. The fraction of sp³-hybridized carbons (Fsp3) is 0.537.